The minimum absolute atomic E-state index is 0.0344. The first kappa shape index (κ1) is 13.0. The summed E-state index contributed by atoms with van der Waals surface area (Å²) in [6.07, 6.45) is 3.62. The number of nitrogens with zero attached hydrogens (tertiary/aromatic N) is 7. The molecule has 0 saturated carbocycles. The molecule has 2 aromatic heterocycles. The zero-order chi connectivity index (χ0) is 14.1. The number of hydrogen-bond acceptors (Lipinski definition) is 7. The summed E-state index contributed by atoms with van der Waals surface area (Å²) >= 11 is 1.54. The van der Waals surface area contributed by atoms with Crippen molar-refractivity contribution in [3.05, 3.63) is 23.1 Å². The first-order valence-corrected chi connectivity index (χ1v) is 6.92. The van der Waals surface area contributed by atoms with Gasteiger partial charge in [0.25, 0.3) is 0 Å². The van der Waals surface area contributed by atoms with Crippen molar-refractivity contribution in [2.75, 3.05) is 12.3 Å². The predicted molar refractivity (Wildman–Crippen MR) is 74.8 cm³/mol. The molecular weight excluding hydrogens is 280 g/mol. The fraction of sp³-hybridized carbons (Fsp3) is 0.500. The van der Waals surface area contributed by atoms with E-state index in [1.165, 1.54) is 6.33 Å². The largest absolute Gasteiger partial charge is 0.395 e. The molecule has 3 rings (SSSR count). The fourth-order valence-electron chi connectivity index (χ4n) is 2.32. The van der Waals surface area contributed by atoms with E-state index in [-0.39, 0.29) is 23.3 Å². The molecule has 1 fully saturated rings. The van der Waals surface area contributed by atoms with Crippen LogP contribution in [-0.2, 0) is 0 Å². The van der Waals surface area contributed by atoms with E-state index in [4.69, 9.17) is 11.3 Å². The summed E-state index contributed by atoms with van der Waals surface area (Å²) in [7, 11) is 0. The average molecular weight is 292 g/mol. The Labute approximate surface area is 117 Å². The third-order valence-corrected chi connectivity index (χ3v) is 4.78. The van der Waals surface area contributed by atoms with Crippen LogP contribution < -0.4 is 5.73 Å². The van der Waals surface area contributed by atoms with Crippen LogP contribution in [0.5, 0.6) is 0 Å². The van der Waals surface area contributed by atoms with Crippen molar-refractivity contribution in [3.8, 4) is 0 Å². The van der Waals surface area contributed by atoms with Crippen LogP contribution in [0.4, 0.5) is 5.82 Å². The van der Waals surface area contributed by atoms with Crippen molar-refractivity contribution in [2.45, 2.75) is 23.1 Å². The molecule has 2 aromatic rings. The quantitative estimate of drug-likeness (QED) is 0.493. The molecule has 104 valence electrons. The van der Waals surface area contributed by atoms with E-state index < -0.39 is 0 Å². The Morgan fingerprint density at radius 2 is 2.40 bits per heavy atom. The van der Waals surface area contributed by atoms with Gasteiger partial charge >= 0.3 is 0 Å². The molecule has 0 spiro atoms. The van der Waals surface area contributed by atoms with Crippen LogP contribution in [0.2, 0.25) is 0 Å². The number of anilines is 1. The molecule has 3 heterocycles. The van der Waals surface area contributed by atoms with Crippen molar-refractivity contribution in [3.63, 3.8) is 0 Å². The Morgan fingerprint density at radius 1 is 1.55 bits per heavy atom. The molecule has 0 amide bonds. The number of imidazole rings is 1. The Morgan fingerprint density at radius 3 is 3.15 bits per heavy atom. The van der Waals surface area contributed by atoms with E-state index in [9.17, 15) is 5.11 Å². The lowest BCUT2D eigenvalue weighted by molar-refractivity contribution is 0.289. The Hall–Kier alpha value is -2.03. The van der Waals surface area contributed by atoms with Gasteiger partial charge in [0, 0.05) is 10.2 Å². The van der Waals surface area contributed by atoms with Crippen LogP contribution in [-0.4, -0.2) is 42.5 Å². The topological polar surface area (TPSA) is 139 Å². The minimum atomic E-state index is -0.254. The van der Waals surface area contributed by atoms with Gasteiger partial charge in [-0.2, -0.15) is 0 Å². The highest BCUT2D eigenvalue weighted by atomic mass is 32.2. The van der Waals surface area contributed by atoms with E-state index in [2.05, 4.69) is 25.0 Å². The maximum atomic E-state index is 9.30. The van der Waals surface area contributed by atoms with E-state index in [1.54, 1.807) is 18.1 Å². The van der Waals surface area contributed by atoms with Gasteiger partial charge in [-0.05, 0) is 12.0 Å². The number of thioether (sulfide) groups is 1. The summed E-state index contributed by atoms with van der Waals surface area (Å²) in [5, 5.41) is 13.0. The smallest absolute Gasteiger partial charge is 0.166 e. The molecule has 9 nitrogen and oxygen atoms in total. The van der Waals surface area contributed by atoms with E-state index >= 15 is 0 Å². The van der Waals surface area contributed by atoms with Gasteiger partial charge in [-0.3, -0.25) is 0 Å². The Bertz CT molecular complexity index is 681. The lowest BCUT2D eigenvalue weighted by Gasteiger charge is -2.16. The highest BCUT2D eigenvalue weighted by Crippen LogP contribution is 2.44. The number of nitrogens with two attached hydrogens (primary N) is 1. The molecular formula is C10H12N8OS. The number of aromatic nitrogens is 4. The SMILES string of the molecule is [N-]=[N+]=N[C@H]1C[C@H](CO)S[C@H]1n1cnc2c(N)ncnc21. The summed E-state index contributed by atoms with van der Waals surface area (Å²) in [5.74, 6) is 0.316. The van der Waals surface area contributed by atoms with Crippen LogP contribution in [0.25, 0.3) is 21.6 Å². The zero-order valence-electron chi connectivity index (χ0n) is 10.4. The first-order valence-electron chi connectivity index (χ1n) is 5.98. The first-order chi connectivity index (χ1) is 9.74. The third kappa shape index (κ3) is 2.03. The second kappa shape index (κ2) is 5.16. The molecule has 10 heteroatoms. The summed E-state index contributed by atoms with van der Waals surface area (Å²) < 4.78 is 1.83. The van der Waals surface area contributed by atoms with Crippen LogP contribution in [0.1, 0.15) is 11.8 Å². The maximum absolute atomic E-state index is 9.30. The highest BCUT2D eigenvalue weighted by Gasteiger charge is 2.36. The van der Waals surface area contributed by atoms with Gasteiger partial charge in [0.2, 0.25) is 0 Å². The predicted octanol–water partition coefficient (Wildman–Crippen LogP) is 1.08. The Balaban J connectivity index is 2.05. The Kier molecular flexibility index (Phi) is 3.35. The lowest BCUT2D eigenvalue weighted by atomic mass is 10.2. The monoisotopic (exact) mass is 292 g/mol. The fourth-order valence-corrected chi connectivity index (χ4v) is 3.75. The van der Waals surface area contributed by atoms with Gasteiger partial charge in [-0.1, -0.05) is 5.11 Å². The van der Waals surface area contributed by atoms with Crippen molar-refractivity contribution in [1.29, 1.82) is 0 Å². The molecule has 3 atom stereocenters. The molecule has 0 bridgehead atoms. The molecule has 0 unspecified atom stereocenters. The second-order valence-electron chi connectivity index (χ2n) is 4.42. The highest BCUT2D eigenvalue weighted by molar-refractivity contribution is 8.00. The molecule has 0 aliphatic carbocycles. The number of nitrogen functional groups attached to an aromatic ring is 1. The van der Waals surface area contributed by atoms with E-state index in [0.29, 0.717) is 23.4 Å². The van der Waals surface area contributed by atoms with E-state index in [0.717, 1.165) is 0 Å². The average Bonchev–Trinajstić information content (AvgIpc) is 3.03. The molecule has 3 N–H and O–H groups in total. The number of fused-ring (bicyclic) bond motifs is 1. The van der Waals surface area contributed by atoms with Gasteiger partial charge in [0.05, 0.1) is 24.3 Å². The van der Waals surface area contributed by atoms with Crippen LogP contribution >= 0.6 is 11.8 Å². The van der Waals surface area contributed by atoms with Gasteiger partial charge in [0.15, 0.2) is 11.5 Å². The molecule has 0 aromatic carbocycles. The van der Waals surface area contributed by atoms with Crippen molar-refractivity contribution in [1.82, 2.24) is 19.5 Å². The van der Waals surface area contributed by atoms with Gasteiger partial charge in [0.1, 0.15) is 11.8 Å². The number of aliphatic hydroxyl groups is 1. The van der Waals surface area contributed by atoms with Gasteiger partial charge in [-0.25, -0.2) is 15.0 Å². The summed E-state index contributed by atoms with van der Waals surface area (Å²) in [4.78, 5) is 15.2. The maximum Gasteiger partial charge on any atom is 0.166 e. The molecule has 1 aliphatic rings. The molecule has 1 aliphatic heterocycles. The number of aliphatic hydroxyl groups excluding tert-OH is 1. The number of hydrogen-bond donors (Lipinski definition) is 2. The summed E-state index contributed by atoms with van der Waals surface area (Å²) in [6.45, 7) is 0.0440. The summed E-state index contributed by atoms with van der Waals surface area (Å²) in [5.41, 5.74) is 15.6. The van der Waals surface area contributed by atoms with Gasteiger partial charge in [-0.15, -0.1) is 11.8 Å². The zero-order valence-corrected chi connectivity index (χ0v) is 11.2. The van der Waals surface area contributed by atoms with Crippen LogP contribution in [0.15, 0.2) is 17.8 Å². The summed E-state index contributed by atoms with van der Waals surface area (Å²) in [6, 6.07) is -0.254. The molecule has 1 saturated heterocycles. The normalized spacial score (nSPS) is 25.8. The van der Waals surface area contributed by atoms with Gasteiger partial charge < -0.3 is 15.4 Å². The lowest BCUT2D eigenvalue weighted by Crippen LogP contribution is -2.14. The number of rotatable bonds is 3. The molecule has 0 radical (unpaired) electrons. The number of azide groups is 1. The second-order valence-corrected chi connectivity index (χ2v) is 5.84. The van der Waals surface area contributed by atoms with Crippen LogP contribution in [0.3, 0.4) is 0 Å². The van der Waals surface area contributed by atoms with E-state index in [1.807, 2.05) is 4.57 Å². The minimum Gasteiger partial charge on any atom is -0.395 e. The standard InChI is InChI=1S/C10H12N8OS/c11-8-7-9(14-3-13-8)18(4-15-7)10-6(16-17-12)1-5(2-19)20-10/h3-6,10,19H,1-2H2,(H2,11,13,14)/t5-,6+,10-/m1/s1. The van der Waals surface area contributed by atoms with Crippen molar-refractivity contribution >= 4 is 28.7 Å². The van der Waals surface area contributed by atoms with Crippen molar-refractivity contribution < 1.29 is 5.11 Å². The third-order valence-electron chi connectivity index (χ3n) is 3.23. The van der Waals surface area contributed by atoms with Crippen molar-refractivity contribution in [2.24, 2.45) is 5.11 Å². The van der Waals surface area contributed by atoms with Crippen LogP contribution in [0, 0.1) is 0 Å². The molecule has 20 heavy (non-hydrogen) atoms.